The van der Waals surface area contributed by atoms with E-state index in [4.69, 9.17) is 10.1 Å². The number of rotatable bonds is 3. The molecule has 3 N–H and O–H groups in total. The van der Waals surface area contributed by atoms with Gasteiger partial charge in [0.15, 0.2) is 5.82 Å². The van der Waals surface area contributed by atoms with Crippen LogP contribution in [0.5, 0.6) is 0 Å². The number of pyridine rings is 1. The highest BCUT2D eigenvalue weighted by molar-refractivity contribution is 6.02. The Bertz CT molecular complexity index is 984. The van der Waals surface area contributed by atoms with Crippen LogP contribution < -0.4 is 5.32 Å². The predicted molar refractivity (Wildman–Crippen MR) is 117 cm³/mol. The maximum Gasteiger partial charge on any atom is 0.410 e. The first-order valence-corrected chi connectivity index (χ1v) is 10.5. The minimum Gasteiger partial charge on any atom is -0.444 e. The summed E-state index contributed by atoms with van der Waals surface area (Å²) in [5, 5.41) is 11.9. The number of aromatic nitrogens is 2. The van der Waals surface area contributed by atoms with Gasteiger partial charge in [-0.25, -0.2) is 9.18 Å². The largest absolute Gasteiger partial charge is 0.444 e. The van der Waals surface area contributed by atoms with Crippen molar-refractivity contribution in [2.75, 3.05) is 25.5 Å². The zero-order chi connectivity index (χ0) is 22.3. The van der Waals surface area contributed by atoms with E-state index in [1.165, 1.54) is 12.4 Å². The Morgan fingerprint density at radius 2 is 2.00 bits per heavy atom. The zero-order valence-corrected chi connectivity index (χ0v) is 18.3. The van der Waals surface area contributed by atoms with E-state index in [0.717, 1.165) is 12.8 Å². The number of aromatic amines is 1. The molecule has 4 rings (SSSR count). The van der Waals surface area contributed by atoms with Gasteiger partial charge in [-0.15, -0.1) is 0 Å². The van der Waals surface area contributed by atoms with Crippen LogP contribution in [0.15, 0.2) is 24.5 Å². The van der Waals surface area contributed by atoms with Crippen LogP contribution in [0.3, 0.4) is 0 Å². The van der Waals surface area contributed by atoms with Crippen molar-refractivity contribution in [1.29, 1.82) is 5.41 Å². The van der Waals surface area contributed by atoms with E-state index < -0.39 is 11.4 Å². The first-order chi connectivity index (χ1) is 14.7. The lowest BCUT2D eigenvalue weighted by Crippen LogP contribution is -2.57. The number of ether oxygens (including phenoxy) is 1. The van der Waals surface area contributed by atoms with E-state index in [9.17, 15) is 9.18 Å². The number of amidine groups is 1. The molecule has 2 aromatic rings. The van der Waals surface area contributed by atoms with E-state index in [0.29, 0.717) is 41.6 Å². The molecule has 0 radical (unpaired) electrons. The number of carbonyl (C=O) groups is 1. The average Bonchev–Trinajstić information content (AvgIpc) is 3.25. The Kier molecular flexibility index (Phi) is 5.36. The molecule has 0 aromatic carbocycles. The fourth-order valence-electron chi connectivity index (χ4n) is 4.45. The number of likely N-dealkylation sites (tertiary alicyclic amines) is 1. The molecule has 0 spiro atoms. The molecule has 4 heterocycles. The molecule has 8 nitrogen and oxygen atoms in total. The number of fused-ring (bicyclic) bond motifs is 2. The molecule has 2 unspecified atom stereocenters. The summed E-state index contributed by atoms with van der Waals surface area (Å²) in [5.74, 6) is 0.577. The molecule has 0 saturated carbocycles. The normalized spacial score (nSPS) is 20.7. The number of anilines is 1. The third kappa shape index (κ3) is 4.08. The van der Waals surface area contributed by atoms with Crippen LogP contribution in [0.25, 0.3) is 11.3 Å². The molecule has 2 aliphatic rings. The Balaban J connectivity index is 1.54. The maximum atomic E-state index is 14.2. The number of piperazine rings is 1. The Labute approximate surface area is 181 Å². The van der Waals surface area contributed by atoms with Gasteiger partial charge in [0, 0.05) is 31.9 Å². The van der Waals surface area contributed by atoms with Crippen LogP contribution in [-0.2, 0) is 4.74 Å². The number of amides is 1. The minimum atomic E-state index is -0.536. The number of H-pyrrole nitrogens is 1. The molecule has 31 heavy (non-hydrogen) atoms. The molecule has 2 fully saturated rings. The van der Waals surface area contributed by atoms with Gasteiger partial charge in [-0.05, 0) is 45.7 Å². The van der Waals surface area contributed by atoms with E-state index in [2.05, 4.69) is 15.3 Å². The maximum absolute atomic E-state index is 14.2. The molecule has 2 aliphatic heterocycles. The fraction of sp³-hybridized carbons (Fsp3) is 0.500. The van der Waals surface area contributed by atoms with E-state index in [-0.39, 0.29) is 18.2 Å². The second-order valence-electron chi connectivity index (χ2n) is 9.10. The molecular weight excluding hydrogens is 399 g/mol. The standard InChI is InChI=1S/C22H29FN6O2/c1-22(2,3)31-21(30)29-13-5-6-14(29)12-28(11-13)19(24)16-9-18(27-20(16)25-4)15-7-8-26-10-17(15)23/h7-10,13-14,24-25,27H,5-6,11-12H2,1-4H3. The van der Waals surface area contributed by atoms with Crippen molar-refractivity contribution < 1.29 is 13.9 Å². The second kappa shape index (κ2) is 7.86. The molecule has 2 bridgehead atoms. The van der Waals surface area contributed by atoms with Crippen molar-refractivity contribution >= 4 is 17.7 Å². The quantitative estimate of drug-likeness (QED) is 0.512. The van der Waals surface area contributed by atoms with Gasteiger partial charge >= 0.3 is 6.09 Å². The topological polar surface area (TPSA) is 97.3 Å². The number of nitrogens with zero attached hydrogens (tertiary/aromatic N) is 3. The van der Waals surface area contributed by atoms with Gasteiger partial charge in [0.2, 0.25) is 0 Å². The van der Waals surface area contributed by atoms with Crippen molar-refractivity contribution in [3.05, 3.63) is 35.9 Å². The molecule has 166 valence electrons. The van der Waals surface area contributed by atoms with Crippen molar-refractivity contribution in [3.63, 3.8) is 0 Å². The van der Waals surface area contributed by atoms with Gasteiger partial charge < -0.3 is 19.9 Å². The molecular formula is C22H29FN6O2. The van der Waals surface area contributed by atoms with Crippen LogP contribution >= 0.6 is 0 Å². The lowest BCUT2D eigenvalue weighted by molar-refractivity contribution is 0.00278. The first-order valence-electron chi connectivity index (χ1n) is 10.5. The molecule has 0 aliphatic carbocycles. The fourth-order valence-corrected chi connectivity index (χ4v) is 4.45. The number of carbonyl (C=O) groups excluding carboxylic acids is 1. The van der Waals surface area contributed by atoms with Gasteiger partial charge in [-0.2, -0.15) is 0 Å². The van der Waals surface area contributed by atoms with Gasteiger partial charge in [0.1, 0.15) is 17.3 Å². The SMILES string of the molecule is CNc1[nH]c(-c2ccncc2F)cc1C(=N)N1CC2CCC(C1)N2C(=O)OC(C)(C)C. The Hall–Kier alpha value is -3.10. The summed E-state index contributed by atoms with van der Waals surface area (Å²) in [7, 11) is 1.76. The van der Waals surface area contributed by atoms with Crippen molar-refractivity contribution in [2.45, 2.75) is 51.3 Å². The lowest BCUT2D eigenvalue weighted by Gasteiger charge is -2.42. The van der Waals surface area contributed by atoms with Crippen LogP contribution in [0, 0.1) is 11.2 Å². The second-order valence-corrected chi connectivity index (χ2v) is 9.10. The molecule has 2 atom stereocenters. The molecule has 2 saturated heterocycles. The summed E-state index contributed by atoms with van der Waals surface area (Å²) >= 11 is 0. The van der Waals surface area contributed by atoms with Crippen molar-refractivity contribution in [1.82, 2.24) is 19.8 Å². The molecule has 9 heteroatoms. The summed E-state index contributed by atoms with van der Waals surface area (Å²) in [5.41, 5.74) is 1.12. The van der Waals surface area contributed by atoms with Crippen molar-refractivity contribution in [3.8, 4) is 11.3 Å². The van der Waals surface area contributed by atoms with E-state index in [1.54, 1.807) is 19.2 Å². The number of nitrogens with one attached hydrogen (secondary N) is 3. The van der Waals surface area contributed by atoms with Gasteiger partial charge in [-0.1, -0.05) is 0 Å². The highest BCUT2D eigenvalue weighted by Crippen LogP contribution is 2.34. The van der Waals surface area contributed by atoms with E-state index >= 15 is 0 Å². The van der Waals surface area contributed by atoms with Gasteiger partial charge in [-0.3, -0.25) is 15.3 Å². The number of halogens is 1. The summed E-state index contributed by atoms with van der Waals surface area (Å²) in [6, 6.07) is 3.42. The van der Waals surface area contributed by atoms with Crippen LogP contribution in [0.2, 0.25) is 0 Å². The van der Waals surface area contributed by atoms with Gasteiger partial charge in [0.05, 0.1) is 29.5 Å². The summed E-state index contributed by atoms with van der Waals surface area (Å²) in [6.07, 6.45) is 4.23. The summed E-state index contributed by atoms with van der Waals surface area (Å²) in [6.45, 7) is 6.75. The summed E-state index contributed by atoms with van der Waals surface area (Å²) in [4.78, 5) is 23.5. The van der Waals surface area contributed by atoms with E-state index in [1.807, 2.05) is 30.6 Å². The number of hydrogen-bond acceptors (Lipinski definition) is 5. The van der Waals surface area contributed by atoms with Crippen LogP contribution in [0.4, 0.5) is 15.0 Å². The van der Waals surface area contributed by atoms with Crippen molar-refractivity contribution in [2.24, 2.45) is 0 Å². The lowest BCUT2D eigenvalue weighted by atomic mass is 10.1. The van der Waals surface area contributed by atoms with Crippen LogP contribution in [-0.4, -0.2) is 69.5 Å². The van der Waals surface area contributed by atoms with Gasteiger partial charge in [0.25, 0.3) is 0 Å². The Morgan fingerprint density at radius 1 is 1.32 bits per heavy atom. The Morgan fingerprint density at radius 3 is 2.58 bits per heavy atom. The first kappa shape index (κ1) is 21.1. The zero-order valence-electron chi connectivity index (χ0n) is 18.3. The third-order valence-corrected chi connectivity index (χ3v) is 5.79. The number of hydrogen-bond donors (Lipinski definition) is 3. The molecule has 2 aromatic heterocycles. The average molecular weight is 429 g/mol. The smallest absolute Gasteiger partial charge is 0.410 e. The van der Waals surface area contributed by atoms with Crippen LogP contribution in [0.1, 0.15) is 39.2 Å². The highest BCUT2D eigenvalue weighted by atomic mass is 19.1. The molecule has 1 amide bonds. The third-order valence-electron chi connectivity index (χ3n) is 5.79. The monoisotopic (exact) mass is 428 g/mol. The summed E-state index contributed by atoms with van der Waals surface area (Å²) < 4.78 is 19.8. The predicted octanol–water partition coefficient (Wildman–Crippen LogP) is 3.67. The highest BCUT2D eigenvalue weighted by Gasteiger charge is 2.45. The minimum absolute atomic E-state index is 0.0167.